The number of rotatable bonds is 3. The van der Waals surface area contributed by atoms with Gasteiger partial charge >= 0.3 is 6.09 Å². The predicted octanol–water partition coefficient (Wildman–Crippen LogP) is 2.92. The zero-order valence-corrected chi connectivity index (χ0v) is 8.61. The van der Waals surface area contributed by atoms with Crippen molar-refractivity contribution in [2.75, 3.05) is 6.00 Å². The molecule has 0 saturated heterocycles. The molecule has 0 aliphatic heterocycles. The average molecular weight is 214 g/mol. The molecule has 0 aliphatic carbocycles. The summed E-state index contributed by atoms with van der Waals surface area (Å²) < 4.78 is 0. The number of halogens is 1. The first-order valence-electron chi connectivity index (χ1n) is 4.27. The summed E-state index contributed by atoms with van der Waals surface area (Å²) in [5, 5.41) is 8.85. The number of amides is 1. The molecule has 4 heteroatoms. The van der Waals surface area contributed by atoms with E-state index in [4.69, 9.17) is 16.7 Å². The maximum Gasteiger partial charge on any atom is 0.408 e. The fourth-order valence-corrected chi connectivity index (χ4v) is 1.54. The number of carboxylic acid groups (broad SMARTS) is 1. The van der Waals surface area contributed by atoms with E-state index < -0.39 is 6.09 Å². The third-order valence-corrected chi connectivity index (χ3v) is 2.38. The Morgan fingerprint density at radius 1 is 1.50 bits per heavy atom. The van der Waals surface area contributed by atoms with E-state index in [1.54, 1.807) is 0 Å². The number of nitrogens with zero attached hydrogens (tertiary/aromatic N) is 1. The largest absolute Gasteiger partial charge is 0.465 e. The van der Waals surface area contributed by atoms with Crippen molar-refractivity contribution in [3.05, 3.63) is 35.9 Å². The fraction of sp³-hybridized carbons (Fsp3) is 0.300. The Kier molecular flexibility index (Phi) is 3.77. The Balaban J connectivity index is 2.83. The lowest BCUT2D eigenvalue weighted by Gasteiger charge is -2.24. The summed E-state index contributed by atoms with van der Waals surface area (Å²) in [6.45, 7) is 1.81. The summed E-state index contributed by atoms with van der Waals surface area (Å²) in [4.78, 5) is 12.0. The molecule has 3 nitrogen and oxygen atoms in total. The first-order valence-corrected chi connectivity index (χ1v) is 4.80. The molecule has 1 atom stereocenters. The third kappa shape index (κ3) is 2.39. The normalized spacial score (nSPS) is 12.1. The van der Waals surface area contributed by atoms with Gasteiger partial charge in [0.05, 0.1) is 12.0 Å². The zero-order valence-electron chi connectivity index (χ0n) is 7.85. The molecule has 0 spiro atoms. The van der Waals surface area contributed by atoms with Crippen molar-refractivity contribution in [1.29, 1.82) is 0 Å². The molecule has 0 radical (unpaired) electrons. The monoisotopic (exact) mass is 213 g/mol. The molecule has 0 bridgehead atoms. The average Bonchev–Trinajstić information content (AvgIpc) is 2.19. The molecule has 0 aromatic heterocycles. The van der Waals surface area contributed by atoms with Crippen molar-refractivity contribution in [1.82, 2.24) is 4.90 Å². The van der Waals surface area contributed by atoms with E-state index in [1.807, 2.05) is 37.3 Å². The highest BCUT2D eigenvalue weighted by Gasteiger charge is 2.18. The van der Waals surface area contributed by atoms with Gasteiger partial charge in [-0.1, -0.05) is 30.3 Å². The van der Waals surface area contributed by atoms with Crippen LogP contribution in [0.5, 0.6) is 0 Å². The molecule has 1 amide bonds. The highest BCUT2D eigenvalue weighted by molar-refractivity contribution is 6.18. The Hall–Kier alpha value is -1.22. The number of benzene rings is 1. The van der Waals surface area contributed by atoms with Crippen LogP contribution in [0.25, 0.3) is 0 Å². The molecule has 1 aromatic rings. The second kappa shape index (κ2) is 4.86. The molecular formula is C10H12ClNO2. The second-order valence-corrected chi connectivity index (χ2v) is 3.20. The van der Waals surface area contributed by atoms with Crippen molar-refractivity contribution >= 4 is 17.7 Å². The van der Waals surface area contributed by atoms with Crippen LogP contribution in [-0.2, 0) is 0 Å². The Bertz CT molecular complexity index is 302. The van der Waals surface area contributed by atoms with Crippen molar-refractivity contribution < 1.29 is 9.90 Å². The Morgan fingerprint density at radius 3 is 2.50 bits per heavy atom. The second-order valence-electron chi connectivity index (χ2n) is 2.96. The molecule has 1 rings (SSSR count). The van der Waals surface area contributed by atoms with E-state index in [0.717, 1.165) is 5.56 Å². The summed E-state index contributed by atoms with van der Waals surface area (Å²) in [7, 11) is 0. The van der Waals surface area contributed by atoms with Crippen molar-refractivity contribution in [3.8, 4) is 0 Å². The smallest absolute Gasteiger partial charge is 0.408 e. The highest BCUT2D eigenvalue weighted by Crippen LogP contribution is 2.19. The highest BCUT2D eigenvalue weighted by atomic mass is 35.5. The molecule has 1 N–H and O–H groups in total. The number of alkyl halides is 1. The van der Waals surface area contributed by atoms with Gasteiger partial charge in [-0.15, -0.1) is 11.6 Å². The van der Waals surface area contributed by atoms with E-state index in [2.05, 4.69) is 0 Å². The summed E-state index contributed by atoms with van der Waals surface area (Å²) >= 11 is 5.55. The van der Waals surface area contributed by atoms with Crippen LogP contribution in [0.4, 0.5) is 4.79 Å². The van der Waals surface area contributed by atoms with E-state index >= 15 is 0 Å². The summed E-state index contributed by atoms with van der Waals surface area (Å²) in [5.74, 6) is 0. The quantitative estimate of drug-likeness (QED) is 0.620. The molecule has 1 aromatic carbocycles. The Labute approximate surface area is 87.9 Å². The van der Waals surface area contributed by atoms with Crippen LogP contribution in [-0.4, -0.2) is 22.1 Å². The first kappa shape index (κ1) is 10.9. The van der Waals surface area contributed by atoms with Crippen LogP contribution in [0, 0.1) is 0 Å². The molecule has 0 unspecified atom stereocenters. The first-order chi connectivity index (χ1) is 6.66. The lowest BCUT2D eigenvalue weighted by Crippen LogP contribution is -2.30. The van der Waals surface area contributed by atoms with Gasteiger partial charge in [0.1, 0.15) is 0 Å². The molecule has 76 valence electrons. The van der Waals surface area contributed by atoms with Gasteiger partial charge in [-0.3, -0.25) is 4.90 Å². The predicted molar refractivity (Wildman–Crippen MR) is 55.4 cm³/mol. The third-order valence-electron chi connectivity index (χ3n) is 2.12. The molecule has 0 aliphatic rings. The van der Waals surface area contributed by atoms with Crippen LogP contribution in [0.3, 0.4) is 0 Å². The van der Waals surface area contributed by atoms with Gasteiger partial charge in [0.2, 0.25) is 0 Å². The lowest BCUT2D eigenvalue weighted by molar-refractivity contribution is 0.138. The van der Waals surface area contributed by atoms with Crippen LogP contribution in [0.1, 0.15) is 18.5 Å². The molecular weight excluding hydrogens is 202 g/mol. The van der Waals surface area contributed by atoms with Crippen LogP contribution in [0.15, 0.2) is 30.3 Å². The van der Waals surface area contributed by atoms with Crippen molar-refractivity contribution in [3.63, 3.8) is 0 Å². The topological polar surface area (TPSA) is 40.5 Å². The maximum absolute atomic E-state index is 10.8. The number of hydrogen-bond acceptors (Lipinski definition) is 1. The molecule has 0 heterocycles. The van der Waals surface area contributed by atoms with Crippen LogP contribution >= 0.6 is 11.6 Å². The van der Waals surface area contributed by atoms with Crippen molar-refractivity contribution in [2.45, 2.75) is 13.0 Å². The van der Waals surface area contributed by atoms with Gasteiger partial charge in [-0.25, -0.2) is 4.79 Å². The Morgan fingerprint density at radius 2 is 2.07 bits per heavy atom. The molecule has 14 heavy (non-hydrogen) atoms. The molecule has 0 saturated carbocycles. The van der Waals surface area contributed by atoms with Crippen LogP contribution in [0.2, 0.25) is 0 Å². The standard InChI is InChI=1S/C10H12ClNO2/c1-8(12(7-11)10(13)14)9-5-3-2-4-6-9/h2-6,8H,7H2,1H3,(H,13,14)/t8-/m0/s1. The molecule has 0 fully saturated rings. The van der Waals surface area contributed by atoms with Gasteiger partial charge < -0.3 is 5.11 Å². The summed E-state index contributed by atoms with van der Waals surface area (Å²) in [6, 6.07) is 9.17. The van der Waals surface area contributed by atoms with Gasteiger partial charge in [0, 0.05) is 0 Å². The minimum atomic E-state index is -1.00. The number of hydrogen-bond donors (Lipinski definition) is 1. The fourth-order valence-electron chi connectivity index (χ4n) is 1.23. The number of carbonyl (C=O) groups is 1. The van der Waals surface area contributed by atoms with Gasteiger partial charge in [0.25, 0.3) is 0 Å². The summed E-state index contributed by atoms with van der Waals surface area (Å²) in [5.41, 5.74) is 0.940. The van der Waals surface area contributed by atoms with Gasteiger partial charge in [-0.2, -0.15) is 0 Å². The zero-order chi connectivity index (χ0) is 10.6. The van der Waals surface area contributed by atoms with Crippen LogP contribution < -0.4 is 0 Å². The van der Waals surface area contributed by atoms with Crippen molar-refractivity contribution in [2.24, 2.45) is 0 Å². The maximum atomic E-state index is 10.8. The minimum absolute atomic E-state index is 0.0224. The van der Waals surface area contributed by atoms with E-state index in [9.17, 15) is 4.79 Å². The van der Waals surface area contributed by atoms with Gasteiger partial charge in [0.15, 0.2) is 0 Å². The van der Waals surface area contributed by atoms with Gasteiger partial charge in [-0.05, 0) is 12.5 Å². The van der Waals surface area contributed by atoms with E-state index in [-0.39, 0.29) is 12.0 Å². The SMILES string of the molecule is C[C@@H](c1ccccc1)N(CCl)C(=O)O. The van der Waals surface area contributed by atoms with E-state index in [0.29, 0.717) is 0 Å². The summed E-state index contributed by atoms with van der Waals surface area (Å²) in [6.07, 6.45) is -1.00. The van der Waals surface area contributed by atoms with E-state index in [1.165, 1.54) is 4.90 Å². The lowest BCUT2D eigenvalue weighted by atomic mass is 10.1. The minimum Gasteiger partial charge on any atom is -0.465 e.